The maximum absolute atomic E-state index is 13.1. The number of hydrogen-bond donors (Lipinski definition) is 5. The monoisotopic (exact) mass is 616 g/mol. The number of anilines is 2. The molecule has 0 aliphatic carbocycles. The first-order valence-electron chi connectivity index (χ1n) is 13.9. The predicted molar refractivity (Wildman–Crippen MR) is 165 cm³/mol. The number of nitrogens with zero attached hydrogens (tertiary/aromatic N) is 2. The number of hydrazone groups is 1. The summed E-state index contributed by atoms with van der Waals surface area (Å²) in [6, 6.07) is 10.4. The van der Waals surface area contributed by atoms with E-state index in [4.69, 9.17) is 4.74 Å². The maximum Gasteiger partial charge on any atom is 0.323 e. The normalized spacial score (nSPS) is 14.6. The Hall–Kier alpha value is -4.17. The van der Waals surface area contributed by atoms with Crippen LogP contribution in [-0.2, 0) is 26.0 Å². The first-order valence-corrected chi connectivity index (χ1v) is 15.8. The molecule has 0 saturated carbocycles. The standard InChI is InChI=1S/C29H40N6O7S/c1-18(2)14-24(22-12-13-35(33-22)17-25(28(37)38)34-43(5,40)41)30-27(36)16-20-10-11-23(26(15-20)42-4)32-29(39)31-21-9-7-6-8-19(21)3/h6-11,15,18,24-25,34H,12-14,16-17H2,1-5H3,(H,30,36)(H,37,38)(H2,31,32,39). The largest absolute Gasteiger partial charge is 0.495 e. The number of carboxylic acid groups (broad SMARTS) is 1. The number of methoxy groups -OCH3 is 1. The number of amides is 3. The molecule has 2 atom stereocenters. The molecular formula is C29H40N6O7S. The second-order valence-electron chi connectivity index (χ2n) is 10.9. The van der Waals surface area contributed by atoms with Crippen LogP contribution in [0.15, 0.2) is 47.6 Å². The zero-order chi connectivity index (χ0) is 31.7. The number of sulfonamides is 1. The van der Waals surface area contributed by atoms with Gasteiger partial charge in [0.25, 0.3) is 0 Å². The summed E-state index contributed by atoms with van der Waals surface area (Å²) in [6.45, 7) is 6.20. The number of para-hydroxylation sites is 1. The highest BCUT2D eigenvalue weighted by molar-refractivity contribution is 7.88. The molecule has 1 aliphatic heterocycles. The first kappa shape index (κ1) is 33.3. The highest BCUT2D eigenvalue weighted by Gasteiger charge is 2.29. The molecule has 2 aromatic carbocycles. The van der Waals surface area contributed by atoms with Gasteiger partial charge in [0.15, 0.2) is 0 Å². The third kappa shape index (κ3) is 10.6. The lowest BCUT2D eigenvalue weighted by molar-refractivity contribution is -0.139. The molecule has 14 heteroatoms. The van der Waals surface area contributed by atoms with Crippen LogP contribution in [0.3, 0.4) is 0 Å². The molecule has 2 aromatic rings. The Bertz CT molecular complexity index is 1460. The van der Waals surface area contributed by atoms with Crippen LogP contribution in [-0.4, -0.2) is 80.7 Å². The minimum absolute atomic E-state index is 0.0526. The highest BCUT2D eigenvalue weighted by Crippen LogP contribution is 2.26. The Labute approximate surface area is 252 Å². The molecule has 0 bridgehead atoms. The minimum atomic E-state index is -3.73. The lowest BCUT2D eigenvalue weighted by atomic mass is 9.98. The molecule has 0 aromatic heterocycles. The van der Waals surface area contributed by atoms with Crippen LogP contribution < -0.4 is 25.4 Å². The van der Waals surface area contributed by atoms with Crippen molar-refractivity contribution in [3.05, 3.63) is 53.6 Å². The summed E-state index contributed by atoms with van der Waals surface area (Å²) < 4.78 is 30.7. The molecule has 0 fully saturated rings. The van der Waals surface area contributed by atoms with Gasteiger partial charge in [-0.1, -0.05) is 38.1 Å². The van der Waals surface area contributed by atoms with Crippen molar-refractivity contribution in [3.63, 3.8) is 0 Å². The number of ether oxygens (including phenoxy) is 1. The predicted octanol–water partition coefficient (Wildman–Crippen LogP) is 2.79. The van der Waals surface area contributed by atoms with Crippen molar-refractivity contribution in [2.45, 2.75) is 52.1 Å². The summed E-state index contributed by atoms with van der Waals surface area (Å²) in [5.74, 6) is -0.911. The molecule has 3 amide bonds. The molecule has 234 valence electrons. The SMILES string of the molecule is COc1cc(CC(=O)NC(CC(C)C)C2=NN(CC(NS(C)(=O)=O)C(=O)O)CC2)ccc1NC(=O)Nc1ccccc1C. The number of carbonyl (C=O) groups is 3. The molecule has 13 nitrogen and oxygen atoms in total. The zero-order valence-corrected chi connectivity index (χ0v) is 25.8. The number of benzene rings is 2. The van der Waals surface area contributed by atoms with E-state index in [-0.39, 0.29) is 30.8 Å². The van der Waals surface area contributed by atoms with Crippen LogP contribution >= 0.6 is 0 Å². The van der Waals surface area contributed by atoms with Gasteiger partial charge in [-0.15, -0.1) is 0 Å². The summed E-state index contributed by atoms with van der Waals surface area (Å²) in [6.07, 6.45) is 2.07. The van der Waals surface area contributed by atoms with Gasteiger partial charge in [0.1, 0.15) is 11.8 Å². The molecule has 0 saturated heterocycles. The second-order valence-corrected chi connectivity index (χ2v) is 12.7. The molecule has 0 radical (unpaired) electrons. The van der Waals surface area contributed by atoms with E-state index in [0.717, 1.165) is 11.8 Å². The average molecular weight is 617 g/mol. The second kappa shape index (κ2) is 14.8. The van der Waals surface area contributed by atoms with Crippen molar-refractivity contribution in [3.8, 4) is 5.75 Å². The van der Waals surface area contributed by atoms with Gasteiger partial charge < -0.3 is 25.8 Å². The summed E-state index contributed by atoms with van der Waals surface area (Å²) in [5, 5.41) is 24.1. The summed E-state index contributed by atoms with van der Waals surface area (Å²) in [5.41, 5.74) is 3.42. The molecule has 2 unspecified atom stereocenters. The molecule has 5 N–H and O–H groups in total. The number of urea groups is 1. The fraction of sp³-hybridized carbons (Fsp3) is 0.448. The lowest BCUT2D eigenvalue weighted by Crippen LogP contribution is -2.46. The van der Waals surface area contributed by atoms with Crippen molar-refractivity contribution in [1.29, 1.82) is 0 Å². The molecule has 0 spiro atoms. The van der Waals surface area contributed by atoms with Crippen LogP contribution in [0.1, 0.15) is 37.8 Å². The van der Waals surface area contributed by atoms with Gasteiger partial charge in [0.05, 0.1) is 43.8 Å². The van der Waals surface area contributed by atoms with Crippen LogP contribution in [0.5, 0.6) is 5.75 Å². The van der Waals surface area contributed by atoms with Gasteiger partial charge in [-0.2, -0.15) is 9.82 Å². The van der Waals surface area contributed by atoms with Crippen molar-refractivity contribution in [1.82, 2.24) is 15.0 Å². The Balaban J connectivity index is 1.65. The molecule has 1 heterocycles. The smallest absolute Gasteiger partial charge is 0.323 e. The van der Waals surface area contributed by atoms with E-state index in [1.165, 1.54) is 12.1 Å². The van der Waals surface area contributed by atoms with E-state index in [1.807, 2.05) is 39.0 Å². The number of hydrogen-bond acceptors (Lipinski definition) is 8. The van der Waals surface area contributed by atoms with Crippen molar-refractivity contribution in [2.75, 3.05) is 37.1 Å². The number of carbonyl (C=O) groups excluding carboxylic acids is 2. The number of rotatable bonds is 14. The quantitative estimate of drug-likeness (QED) is 0.215. The highest BCUT2D eigenvalue weighted by atomic mass is 32.2. The van der Waals surface area contributed by atoms with E-state index in [9.17, 15) is 27.9 Å². The van der Waals surface area contributed by atoms with E-state index < -0.39 is 28.1 Å². The number of nitrogens with one attached hydrogen (secondary N) is 4. The number of aryl methyl sites for hydroxylation is 1. The van der Waals surface area contributed by atoms with Gasteiger partial charge in [-0.25, -0.2) is 13.2 Å². The fourth-order valence-corrected chi connectivity index (χ4v) is 5.35. The average Bonchev–Trinajstić information content (AvgIpc) is 3.37. The fourth-order valence-electron chi connectivity index (χ4n) is 4.65. The summed E-state index contributed by atoms with van der Waals surface area (Å²) in [7, 11) is -2.25. The summed E-state index contributed by atoms with van der Waals surface area (Å²) >= 11 is 0. The van der Waals surface area contributed by atoms with Gasteiger partial charge in [0.2, 0.25) is 15.9 Å². The van der Waals surface area contributed by atoms with Gasteiger partial charge >= 0.3 is 12.0 Å². The maximum atomic E-state index is 13.1. The first-order chi connectivity index (χ1) is 20.2. The van der Waals surface area contributed by atoms with E-state index in [0.29, 0.717) is 47.8 Å². The third-order valence-electron chi connectivity index (χ3n) is 6.66. The zero-order valence-electron chi connectivity index (χ0n) is 25.0. The van der Waals surface area contributed by atoms with Crippen molar-refractivity contribution < 1.29 is 32.6 Å². The van der Waals surface area contributed by atoms with Crippen LogP contribution in [0.4, 0.5) is 16.2 Å². The van der Waals surface area contributed by atoms with Crippen LogP contribution in [0.2, 0.25) is 0 Å². The Morgan fingerprint density at radius 2 is 1.79 bits per heavy atom. The Kier molecular flexibility index (Phi) is 11.5. The van der Waals surface area contributed by atoms with Gasteiger partial charge in [-0.3, -0.25) is 14.6 Å². The van der Waals surface area contributed by atoms with Gasteiger partial charge in [0, 0.05) is 18.7 Å². The minimum Gasteiger partial charge on any atom is -0.495 e. The lowest BCUT2D eigenvalue weighted by Gasteiger charge is -2.21. The Morgan fingerprint density at radius 3 is 2.42 bits per heavy atom. The molecule has 1 aliphatic rings. The van der Waals surface area contributed by atoms with Crippen LogP contribution in [0, 0.1) is 12.8 Å². The van der Waals surface area contributed by atoms with E-state index in [1.54, 1.807) is 24.3 Å². The number of aliphatic carboxylic acids is 1. The Morgan fingerprint density at radius 1 is 1.09 bits per heavy atom. The van der Waals surface area contributed by atoms with Gasteiger partial charge in [-0.05, 0) is 48.6 Å². The van der Waals surface area contributed by atoms with Crippen molar-refractivity contribution in [2.24, 2.45) is 11.0 Å². The van der Waals surface area contributed by atoms with E-state index >= 15 is 0 Å². The molecule has 43 heavy (non-hydrogen) atoms. The third-order valence-corrected chi connectivity index (χ3v) is 7.37. The molecular weight excluding hydrogens is 576 g/mol. The number of carboxylic acids is 1. The van der Waals surface area contributed by atoms with Crippen LogP contribution in [0.25, 0.3) is 0 Å². The van der Waals surface area contributed by atoms with Crippen molar-refractivity contribution >= 4 is 45.0 Å². The summed E-state index contributed by atoms with van der Waals surface area (Å²) in [4.78, 5) is 37.2. The van der Waals surface area contributed by atoms with E-state index in [2.05, 4.69) is 25.8 Å². The topological polar surface area (TPSA) is 179 Å². The molecule has 3 rings (SSSR count).